The average molecular weight is 405 g/mol. The molecule has 0 fully saturated rings. The lowest BCUT2D eigenvalue weighted by atomic mass is 10.3. The summed E-state index contributed by atoms with van der Waals surface area (Å²) in [6.45, 7) is 2.02. The Labute approximate surface area is 143 Å². The van der Waals surface area contributed by atoms with Crippen LogP contribution < -0.4 is 9.04 Å². The molecule has 0 bridgehead atoms. The summed E-state index contributed by atoms with van der Waals surface area (Å²) in [7, 11) is -2.20. The first-order chi connectivity index (χ1) is 10.4. The topological polar surface area (TPSA) is 46.6 Å². The summed E-state index contributed by atoms with van der Waals surface area (Å²) in [5.41, 5.74) is 0.417. The molecule has 0 amide bonds. The van der Waals surface area contributed by atoms with Gasteiger partial charge in [0.1, 0.15) is 5.75 Å². The molecule has 0 aliphatic rings. The molecule has 0 saturated carbocycles. The number of ether oxygens (including phenoxy) is 1. The summed E-state index contributed by atoms with van der Waals surface area (Å²) < 4.78 is 33.1. The van der Waals surface area contributed by atoms with Crippen LogP contribution in [0.25, 0.3) is 0 Å². The maximum Gasteiger partial charge on any atom is 0.264 e. The van der Waals surface area contributed by atoms with Crippen molar-refractivity contribution in [2.24, 2.45) is 0 Å². The second kappa shape index (κ2) is 6.89. The summed E-state index contributed by atoms with van der Waals surface area (Å²) in [6, 6.07) is 11.4. The van der Waals surface area contributed by atoms with Crippen LogP contribution in [0.4, 0.5) is 5.69 Å². The van der Waals surface area contributed by atoms with Gasteiger partial charge in [-0.3, -0.25) is 4.31 Å². The molecule has 0 aliphatic heterocycles. The van der Waals surface area contributed by atoms with E-state index in [0.717, 1.165) is 4.47 Å². The monoisotopic (exact) mass is 403 g/mol. The van der Waals surface area contributed by atoms with Crippen LogP contribution in [0.3, 0.4) is 0 Å². The molecule has 0 radical (unpaired) electrons. The fourth-order valence-corrected chi connectivity index (χ4v) is 3.97. The first kappa shape index (κ1) is 17.1. The molecule has 0 unspecified atom stereocenters. The zero-order chi connectivity index (χ0) is 16.3. The van der Waals surface area contributed by atoms with Crippen molar-refractivity contribution in [2.75, 3.05) is 18.0 Å². The highest BCUT2D eigenvalue weighted by Gasteiger charge is 2.26. The van der Waals surface area contributed by atoms with Gasteiger partial charge in [0.2, 0.25) is 0 Å². The van der Waals surface area contributed by atoms with Crippen LogP contribution in [0.5, 0.6) is 5.75 Å². The molecule has 4 nitrogen and oxygen atoms in total. The van der Waals surface area contributed by atoms with Crippen molar-refractivity contribution in [1.29, 1.82) is 0 Å². The van der Waals surface area contributed by atoms with Crippen LogP contribution in [0, 0.1) is 0 Å². The number of rotatable bonds is 5. The van der Waals surface area contributed by atoms with Crippen molar-refractivity contribution in [2.45, 2.75) is 11.8 Å². The predicted octanol–water partition coefficient (Wildman–Crippen LogP) is 4.33. The number of sulfonamides is 1. The van der Waals surface area contributed by atoms with Crippen molar-refractivity contribution in [1.82, 2.24) is 0 Å². The number of benzene rings is 2. The van der Waals surface area contributed by atoms with E-state index in [1.54, 1.807) is 49.4 Å². The Morgan fingerprint density at radius 1 is 1.18 bits per heavy atom. The van der Waals surface area contributed by atoms with Crippen LogP contribution in [0.15, 0.2) is 51.8 Å². The lowest BCUT2D eigenvalue weighted by Gasteiger charge is -2.25. The minimum atomic E-state index is -3.70. The summed E-state index contributed by atoms with van der Waals surface area (Å²) >= 11 is 9.31. The maximum absolute atomic E-state index is 12.9. The number of hydrogen-bond donors (Lipinski definition) is 0. The maximum atomic E-state index is 12.9. The smallest absolute Gasteiger partial charge is 0.264 e. The van der Waals surface area contributed by atoms with Gasteiger partial charge < -0.3 is 4.74 Å². The van der Waals surface area contributed by atoms with E-state index in [1.807, 2.05) is 0 Å². The highest BCUT2D eigenvalue weighted by Crippen LogP contribution is 2.34. The Morgan fingerprint density at radius 2 is 1.82 bits per heavy atom. The van der Waals surface area contributed by atoms with E-state index >= 15 is 0 Å². The third-order valence-electron chi connectivity index (χ3n) is 3.10. The zero-order valence-electron chi connectivity index (χ0n) is 12.1. The van der Waals surface area contributed by atoms with Crippen molar-refractivity contribution >= 4 is 43.2 Å². The molecule has 2 rings (SSSR count). The third kappa shape index (κ3) is 3.39. The van der Waals surface area contributed by atoms with Gasteiger partial charge in [0, 0.05) is 16.0 Å². The summed E-state index contributed by atoms with van der Waals surface area (Å²) in [5, 5.41) is 0.445. The van der Waals surface area contributed by atoms with Crippen LogP contribution in [0.1, 0.15) is 6.92 Å². The second-order valence-corrected chi connectivity index (χ2v) is 7.65. The lowest BCUT2D eigenvalue weighted by molar-refractivity contribution is 0.415. The predicted molar refractivity (Wildman–Crippen MR) is 92.4 cm³/mol. The first-order valence-electron chi connectivity index (χ1n) is 6.52. The zero-order valence-corrected chi connectivity index (χ0v) is 15.2. The van der Waals surface area contributed by atoms with Crippen molar-refractivity contribution in [3.05, 3.63) is 52.0 Å². The minimum Gasteiger partial charge on any atom is -0.495 e. The molecule has 0 N–H and O–H groups in total. The molecule has 0 atom stereocenters. The highest BCUT2D eigenvalue weighted by molar-refractivity contribution is 9.10. The van der Waals surface area contributed by atoms with Crippen LogP contribution in [-0.4, -0.2) is 22.1 Å². The molecule has 22 heavy (non-hydrogen) atoms. The number of anilines is 1. The van der Waals surface area contributed by atoms with Crippen molar-refractivity contribution in [3.8, 4) is 5.75 Å². The molecule has 2 aromatic rings. The summed E-state index contributed by atoms with van der Waals surface area (Å²) in [6.07, 6.45) is 0. The molecular formula is C15H15BrClNO3S. The van der Waals surface area contributed by atoms with Crippen LogP contribution in [0.2, 0.25) is 5.02 Å². The third-order valence-corrected chi connectivity index (χ3v) is 5.77. The highest BCUT2D eigenvalue weighted by atomic mass is 79.9. The molecule has 7 heteroatoms. The summed E-state index contributed by atoms with van der Waals surface area (Å²) in [4.78, 5) is 0.208. The van der Waals surface area contributed by atoms with E-state index in [0.29, 0.717) is 16.5 Å². The fraction of sp³-hybridized carbons (Fsp3) is 0.200. The standard InChI is InChI=1S/C15H15BrClNO3S/c1-3-18(14-10-12(17)6-9-15(14)21-2)22(19,20)13-7-4-11(16)5-8-13/h4-10H,3H2,1-2H3. The molecule has 0 spiro atoms. The Hall–Kier alpha value is -1.24. The van der Waals surface area contributed by atoms with E-state index in [9.17, 15) is 8.42 Å². The quantitative estimate of drug-likeness (QED) is 0.745. The molecule has 2 aromatic carbocycles. The van der Waals surface area contributed by atoms with E-state index in [-0.39, 0.29) is 11.4 Å². The van der Waals surface area contributed by atoms with Gasteiger partial charge in [0.25, 0.3) is 10.0 Å². The van der Waals surface area contributed by atoms with Gasteiger partial charge in [0.05, 0.1) is 17.7 Å². The largest absolute Gasteiger partial charge is 0.495 e. The van der Waals surface area contributed by atoms with Gasteiger partial charge in [-0.05, 0) is 49.4 Å². The second-order valence-electron chi connectivity index (χ2n) is 4.44. The molecule has 118 valence electrons. The van der Waals surface area contributed by atoms with Gasteiger partial charge in [-0.1, -0.05) is 27.5 Å². The number of halogens is 2. The number of methoxy groups -OCH3 is 1. The van der Waals surface area contributed by atoms with E-state index < -0.39 is 10.0 Å². The van der Waals surface area contributed by atoms with Crippen LogP contribution >= 0.6 is 27.5 Å². The molecule has 0 heterocycles. The minimum absolute atomic E-state index is 0.208. The van der Waals surface area contributed by atoms with Crippen molar-refractivity contribution < 1.29 is 13.2 Å². The van der Waals surface area contributed by atoms with Gasteiger partial charge >= 0.3 is 0 Å². The van der Waals surface area contributed by atoms with Crippen molar-refractivity contribution in [3.63, 3.8) is 0 Å². The number of hydrogen-bond acceptors (Lipinski definition) is 3. The Balaban J connectivity index is 2.56. The molecule has 0 aliphatic carbocycles. The first-order valence-corrected chi connectivity index (χ1v) is 9.13. The molecular weight excluding hydrogens is 390 g/mol. The van der Waals surface area contributed by atoms with Gasteiger partial charge in [-0.15, -0.1) is 0 Å². The Bertz CT molecular complexity index is 763. The van der Waals surface area contributed by atoms with Gasteiger partial charge in [-0.2, -0.15) is 0 Å². The van der Waals surface area contributed by atoms with E-state index in [1.165, 1.54) is 11.4 Å². The summed E-state index contributed by atoms with van der Waals surface area (Å²) in [5.74, 6) is 0.451. The molecule has 0 saturated heterocycles. The number of nitrogens with zero attached hydrogens (tertiary/aromatic N) is 1. The Morgan fingerprint density at radius 3 is 2.36 bits per heavy atom. The van der Waals surface area contributed by atoms with E-state index in [4.69, 9.17) is 16.3 Å². The lowest BCUT2D eigenvalue weighted by Crippen LogP contribution is -2.31. The normalized spacial score (nSPS) is 11.3. The van der Waals surface area contributed by atoms with Gasteiger partial charge in [-0.25, -0.2) is 8.42 Å². The van der Waals surface area contributed by atoms with E-state index in [2.05, 4.69) is 15.9 Å². The Kier molecular flexibility index (Phi) is 5.36. The molecule has 0 aromatic heterocycles. The van der Waals surface area contributed by atoms with Gasteiger partial charge in [0.15, 0.2) is 0 Å². The fourth-order valence-electron chi connectivity index (χ4n) is 2.06. The average Bonchev–Trinajstić information content (AvgIpc) is 2.48. The SMILES string of the molecule is CCN(c1cc(Cl)ccc1OC)S(=O)(=O)c1ccc(Br)cc1. The van der Waals surface area contributed by atoms with Crippen LogP contribution in [-0.2, 0) is 10.0 Å².